The molecule has 1 aliphatic carbocycles. The summed E-state index contributed by atoms with van der Waals surface area (Å²) in [5.41, 5.74) is 16.2. The molecular weight excluding hydrogens is 750 g/mol. The Kier molecular flexibility index (Phi) is 14.9. The van der Waals surface area contributed by atoms with Gasteiger partial charge in [0.05, 0.1) is 12.6 Å². The fraction of sp³-hybridized carbons (Fsp3) is 0.333. The molecule has 1 aromatic heterocycles. The van der Waals surface area contributed by atoms with Gasteiger partial charge in [-0.25, -0.2) is 9.18 Å². The monoisotopic (exact) mass is 803 g/mol. The lowest BCUT2D eigenvalue weighted by molar-refractivity contribution is -0.130. The highest BCUT2D eigenvalue weighted by Crippen LogP contribution is 2.27. The number of carbonyl (C=O) groups excluding carboxylic acids is 3. The summed E-state index contributed by atoms with van der Waals surface area (Å²) in [6.07, 6.45) is 7.70. The van der Waals surface area contributed by atoms with Crippen LogP contribution in [-0.2, 0) is 35.6 Å². The van der Waals surface area contributed by atoms with Crippen molar-refractivity contribution < 1.29 is 23.5 Å². The summed E-state index contributed by atoms with van der Waals surface area (Å²) in [5.74, 6) is -0.636. The summed E-state index contributed by atoms with van der Waals surface area (Å²) in [5, 5.41) is 16.3. The molecule has 5 aromatic rings. The van der Waals surface area contributed by atoms with Gasteiger partial charge in [-0.1, -0.05) is 73.5 Å². The number of benzene rings is 4. The molecule has 1 heterocycles. The highest BCUT2D eigenvalue weighted by Gasteiger charge is 2.27. The van der Waals surface area contributed by atoms with E-state index in [4.69, 9.17) is 16.2 Å². The summed E-state index contributed by atoms with van der Waals surface area (Å²) < 4.78 is 21.2. The number of fused-ring (bicyclic) bond motifs is 1. The van der Waals surface area contributed by atoms with E-state index in [2.05, 4.69) is 42.3 Å². The van der Waals surface area contributed by atoms with Crippen LogP contribution in [0.4, 0.5) is 14.9 Å². The first-order valence-corrected chi connectivity index (χ1v) is 20.1. The minimum Gasteiger partial charge on any atom is -0.497 e. The molecule has 1 fully saturated rings. The van der Waals surface area contributed by atoms with E-state index in [0.717, 1.165) is 46.0 Å². The Hall–Kier alpha value is -6.41. The molecule has 4 aromatic carbocycles. The molecule has 0 bridgehead atoms. The lowest BCUT2D eigenvalue weighted by atomic mass is 10.0. The number of urea groups is 1. The second-order valence-electron chi connectivity index (χ2n) is 14.9. The Morgan fingerprint density at radius 2 is 1.58 bits per heavy atom. The molecule has 1 aliphatic rings. The second kappa shape index (κ2) is 20.8. The first kappa shape index (κ1) is 42.2. The molecule has 13 nitrogen and oxygen atoms in total. The summed E-state index contributed by atoms with van der Waals surface area (Å²) in [6, 6.07) is 26.7. The van der Waals surface area contributed by atoms with Gasteiger partial charge in [-0.05, 0) is 84.3 Å². The lowest BCUT2D eigenvalue weighted by Gasteiger charge is -2.23. The number of carbonyl (C=O) groups is 3. The Balaban J connectivity index is 1.20. The normalized spacial score (nSPS) is 13.7. The van der Waals surface area contributed by atoms with E-state index in [1.807, 2.05) is 60.7 Å². The van der Waals surface area contributed by atoms with Crippen molar-refractivity contribution in [1.29, 1.82) is 0 Å². The van der Waals surface area contributed by atoms with Gasteiger partial charge in [0.2, 0.25) is 11.8 Å². The zero-order valence-electron chi connectivity index (χ0n) is 33.4. The fourth-order valence-electron chi connectivity index (χ4n) is 7.37. The Morgan fingerprint density at radius 1 is 0.847 bits per heavy atom. The van der Waals surface area contributed by atoms with Gasteiger partial charge in [0.15, 0.2) is 5.96 Å². The van der Waals surface area contributed by atoms with Gasteiger partial charge in [0.1, 0.15) is 23.7 Å². The standard InChI is InChI=1S/C45H54FN9O4/c1-59-37-20-15-30(16-21-37)24-40(43(57)53-39(12-7-23-49-44(47)48)42(56)51-26-31-8-3-2-4-9-31)54-45(58)52-36-19-22-38-33(27-50-35-10-5-6-11-35)29-55(41(38)25-36)28-32-13-17-34(46)18-14-32/h2-4,8-9,13-22,25,29,35,39-40,50H,5-7,10-12,23-24,26-28H2,1H3,(H,51,56)(H,53,57)(H4,47,48,49)(H2,52,54,58)/t39-,40-/m0/s1. The topological polar surface area (TPSA) is 190 Å². The molecule has 9 N–H and O–H groups in total. The smallest absolute Gasteiger partial charge is 0.319 e. The maximum atomic E-state index is 14.1. The van der Waals surface area contributed by atoms with E-state index >= 15 is 0 Å². The first-order chi connectivity index (χ1) is 28.6. The molecule has 4 amide bonds. The Morgan fingerprint density at radius 3 is 2.29 bits per heavy atom. The SMILES string of the molecule is COc1ccc(C[C@H](NC(=O)Nc2ccc3c(CNC4CCCC4)cn(Cc4ccc(F)cc4)c3c2)C(=O)N[C@@H](CCCN=C(N)N)C(=O)NCc2ccccc2)cc1. The van der Waals surface area contributed by atoms with Crippen LogP contribution < -0.4 is 42.8 Å². The van der Waals surface area contributed by atoms with Crippen molar-refractivity contribution >= 4 is 40.4 Å². The Bertz CT molecular complexity index is 2180. The maximum Gasteiger partial charge on any atom is 0.319 e. The first-order valence-electron chi connectivity index (χ1n) is 20.1. The zero-order valence-corrected chi connectivity index (χ0v) is 33.4. The number of ether oxygens (including phenoxy) is 1. The van der Waals surface area contributed by atoms with E-state index in [1.54, 1.807) is 31.4 Å². The van der Waals surface area contributed by atoms with Gasteiger partial charge >= 0.3 is 6.03 Å². The van der Waals surface area contributed by atoms with Crippen LogP contribution in [0.15, 0.2) is 108 Å². The van der Waals surface area contributed by atoms with Crippen LogP contribution in [0.1, 0.15) is 60.8 Å². The molecule has 59 heavy (non-hydrogen) atoms. The molecule has 14 heteroatoms. The third-order valence-corrected chi connectivity index (χ3v) is 10.5. The molecule has 1 saturated carbocycles. The molecular formula is C45H54FN9O4. The van der Waals surface area contributed by atoms with Crippen LogP contribution in [0.2, 0.25) is 0 Å². The van der Waals surface area contributed by atoms with Crippen LogP contribution in [0.25, 0.3) is 10.9 Å². The number of rotatable bonds is 19. The van der Waals surface area contributed by atoms with Crippen LogP contribution in [-0.4, -0.2) is 60.2 Å². The van der Waals surface area contributed by atoms with E-state index in [-0.39, 0.29) is 43.6 Å². The van der Waals surface area contributed by atoms with Gasteiger partial charge < -0.3 is 47.4 Å². The van der Waals surface area contributed by atoms with Crippen molar-refractivity contribution in [3.8, 4) is 5.75 Å². The van der Waals surface area contributed by atoms with Gasteiger partial charge in [-0.3, -0.25) is 14.6 Å². The van der Waals surface area contributed by atoms with Crippen molar-refractivity contribution in [2.45, 2.75) is 82.7 Å². The molecule has 0 aliphatic heterocycles. The maximum absolute atomic E-state index is 14.1. The van der Waals surface area contributed by atoms with Crippen LogP contribution in [0.5, 0.6) is 5.75 Å². The second-order valence-corrected chi connectivity index (χ2v) is 14.9. The largest absolute Gasteiger partial charge is 0.497 e. The summed E-state index contributed by atoms with van der Waals surface area (Å²) >= 11 is 0. The quantitative estimate of drug-likeness (QED) is 0.0328. The van der Waals surface area contributed by atoms with Crippen molar-refractivity contribution in [3.63, 3.8) is 0 Å². The van der Waals surface area contributed by atoms with E-state index in [9.17, 15) is 18.8 Å². The number of hydrogen-bond donors (Lipinski definition) is 7. The van der Waals surface area contributed by atoms with Gasteiger partial charge in [0.25, 0.3) is 0 Å². The van der Waals surface area contributed by atoms with Crippen LogP contribution >= 0.6 is 0 Å². The van der Waals surface area contributed by atoms with Crippen molar-refractivity contribution in [1.82, 2.24) is 25.8 Å². The average Bonchev–Trinajstić information content (AvgIpc) is 3.89. The average molecular weight is 804 g/mol. The number of methoxy groups -OCH3 is 1. The number of amides is 4. The number of aromatic nitrogens is 1. The fourth-order valence-corrected chi connectivity index (χ4v) is 7.37. The van der Waals surface area contributed by atoms with E-state index in [0.29, 0.717) is 37.0 Å². The number of halogens is 1. The minimum atomic E-state index is -1.06. The number of aliphatic imine (C=N–C) groups is 1. The molecule has 0 unspecified atom stereocenters. The highest BCUT2D eigenvalue weighted by molar-refractivity contribution is 5.97. The number of hydrogen-bond acceptors (Lipinski definition) is 6. The number of anilines is 1. The van der Waals surface area contributed by atoms with Crippen LogP contribution in [0.3, 0.4) is 0 Å². The summed E-state index contributed by atoms with van der Waals surface area (Å²) in [4.78, 5) is 45.4. The van der Waals surface area contributed by atoms with Crippen molar-refractivity contribution in [2.75, 3.05) is 19.0 Å². The van der Waals surface area contributed by atoms with Crippen molar-refractivity contribution in [2.24, 2.45) is 16.5 Å². The van der Waals surface area contributed by atoms with E-state index < -0.39 is 24.0 Å². The number of nitrogens with zero attached hydrogens (tertiary/aromatic N) is 2. The molecule has 2 atom stereocenters. The number of guanidine groups is 1. The molecule has 0 radical (unpaired) electrons. The van der Waals surface area contributed by atoms with Crippen LogP contribution in [0, 0.1) is 5.82 Å². The van der Waals surface area contributed by atoms with Gasteiger partial charge in [0, 0.05) is 55.9 Å². The highest BCUT2D eigenvalue weighted by atomic mass is 19.1. The third-order valence-electron chi connectivity index (χ3n) is 10.5. The van der Waals surface area contributed by atoms with Gasteiger partial charge in [-0.15, -0.1) is 0 Å². The van der Waals surface area contributed by atoms with Crippen molar-refractivity contribution in [3.05, 3.63) is 131 Å². The number of nitrogens with one attached hydrogen (secondary N) is 5. The number of nitrogens with two attached hydrogens (primary N) is 2. The molecule has 0 saturated heterocycles. The lowest BCUT2D eigenvalue weighted by Crippen LogP contribution is -2.55. The van der Waals surface area contributed by atoms with Gasteiger partial charge in [-0.2, -0.15) is 0 Å². The molecule has 6 rings (SSSR count). The predicted molar refractivity (Wildman–Crippen MR) is 229 cm³/mol. The summed E-state index contributed by atoms with van der Waals surface area (Å²) in [6.45, 7) is 1.75. The molecule has 0 spiro atoms. The predicted octanol–water partition coefficient (Wildman–Crippen LogP) is 5.46. The third kappa shape index (κ3) is 12.5. The Labute approximate surface area is 344 Å². The summed E-state index contributed by atoms with van der Waals surface area (Å²) in [7, 11) is 1.57. The molecule has 310 valence electrons. The van der Waals surface area contributed by atoms with E-state index in [1.165, 1.54) is 25.0 Å². The minimum absolute atomic E-state index is 0.0640. The zero-order chi connectivity index (χ0) is 41.6.